The van der Waals surface area contributed by atoms with Crippen LogP contribution in [0.3, 0.4) is 0 Å². The number of amides is 2. The van der Waals surface area contributed by atoms with Crippen LogP contribution in [0.15, 0.2) is 36.5 Å². The lowest BCUT2D eigenvalue weighted by atomic mass is 10.2. The second-order valence-electron chi connectivity index (χ2n) is 7.70. The fourth-order valence-corrected chi connectivity index (χ4v) is 4.02. The van der Waals surface area contributed by atoms with E-state index in [0.29, 0.717) is 30.3 Å². The van der Waals surface area contributed by atoms with Crippen molar-refractivity contribution in [3.8, 4) is 11.5 Å². The number of imidazole rings is 1. The average Bonchev–Trinajstić information content (AvgIpc) is 3.21. The Morgan fingerprint density at radius 1 is 1.09 bits per heavy atom. The molecule has 1 N–H and O–H groups in total. The lowest BCUT2D eigenvalue weighted by Crippen LogP contribution is -2.50. The second-order valence-corrected chi connectivity index (χ2v) is 7.70. The van der Waals surface area contributed by atoms with Gasteiger partial charge in [-0.15, -0.1) is 0 Å². The number of ether oxygens (including phenoxy) is 2. The first kappa shape index (κ1) is 21.9. The van der Waals surface area contributed by atoms with E-state index in [1.54, 1.807) is 32.4 Å². The van der Waals surface area contributed by atoms with Gasteiger partial charge in [-0.2, -0.15) is 0 Å². The molecule has 32 heavy (non-hydrogen) atoms. The zero-order valence-corrected chi connectivity index (χ0v) is 18.9. The third-order valence-electron chi connectivity index (χ3n) is 5.85. The van der Waals surface area contributed by atoms with E-state index in [-0.39, 0.29) is 6.03 Å². The fraction of sp³-hybridized carbons (Fsp3) is 0.435. The highest BCUT2D eigenvalue weighted by Crippen LogP contribution is 2.29. The smallest absolute Gasteiger partial charge is 0.322 e. The Kier molecular flexibility index (Phi) is 6.75. The number of hydrogen-bond donors (Lipinski definition) is 1. The number of urea groups is 1. The Balaban J connectivity index is 1.31. The van der Waals surface area contributed by atoms with E-state index in [1.165, 1.54) is 0 Å². The number of hydrogen-bond acceptors (Lipinski definition) is 6. The predicted molar refractivity (Wildman–Crippen MR) is 123 cm³/mol. The molecule has 3 heterocycles. The Morgan fingerprint density at radius 2 is 1.91 bits per heavy atom. The van der Waals surface area contributed by atoms with Gasteiger partial charge in [0.15, 0.2) is 5.65 Å². The summed E-state index contributed by atoms with van der Waals surface area (Å²) in [5, 5.41) is 2.95. The van der Waals surface area contributed by atoms with E-state index in [0.717, 1.165) is 49.6 Å². The van der Waals surface area contributed by atoms with Crippen LogP contribution < -0.4 is 14.8 Å². The average molecular weight is 439 g/mol. The van der Waals surface area contributed by atoms with Gasteiger partial charge >= 0.3 is 6.03 Å². The largest absolute Gasteiger partial charge is 0.497 e. The van der Waals surface area contributed by atoms with Crippen molar-refractivity contribution < 1.29 is 14.3 Å². The maximum Gasteiger partial charge on any atom is 0.322 e. The summed E-state index contributed by atoms with van der Waals surface area (Å²) < 4.78 is 12.8. The van der Waals surface area contributed by atoms with Crippen LogP contribution in [0, 0.1) is 0 Å². The quantitative estimate of drug-likeness (QED) is 0.611. The molecule has 9 heteroatoms. The first-order valence-corrected chi connectivity index (χ1v) is 10.9. The van der Waals surface area contributed by atoms with Crippen LogP contribution >= 0.6 is 0 Å². The number of carbonyl (C=O) groups is 1. The van der Waals surface area contributed by atoms with Crippen LogP contribution in [-0.4, -0.2) is 77.3 Å². The van der Waals surface area contributed by atoms with Gasteiger partial charge in [0.1, 0.15) is 22.8 Å². The molecule has 0 spiro atoms. The van der Waals surface area contributed by atoms with Crippen molar-refractivity contribution in [1.29, 1.82) is 0 Å². The van der Waals surface area contributed by atoms with E-state index in [2.05, 4.69) is 26.7 Å². The number of anilines is 1. The van der Waals surface area contributed by atoms with E-state index in [1.807, 2.05) is 23.2 Å². The number of carbonyl (C=O) groups excluding carboxylic acids is 1. The zero-order valence-electron chi connectivity index (χ0n) is 18.9. The van der Waals surface area contributed by atoms with Crippen LogP contribution in [-0.2, 0) is 13.0 Å². The molecule has 1 aliphatic rings. The number of piperazine rings is 1. The van der Waals surface area contributed by atoms with Crippen LogP contribution in [0.4, 0.5) is 10.5 Å². The Bertz CT molecular complexity index is 1070. The molecule has 4 rings (SSSR count). The van der Waals surface area contributed by atoms with Crippen LogP contribution in [0.5, 0.6) is 11.5 Å². The van der Waals surface area contributed by atoms with E-state index < -0.39 is 0 Å². The van der Waals surface area contributed by atoms with Gasteiger partial charge in [0.05, 0.1) is 19.9 Å². The van der Waals surface area contributed by atoms with Gasteiger partial charge in [0.2, 0.25) is 0 Å². The first-order chi connectivity index (χ1) is 15.6. The highest BCUT2D eigenvalue weighted by molar-refractivity contribution is 5.91. The van der Waals surface area contributed by atoms with Crippen molar-refractivity contribution in [2.45, 2.75) is 19.9 Å². The molecule has 170 valence electrons. The molecule has 9 nitrogen and oxygen atoms in total. The maximum absolute atomic E-state index is 12.8. The summed E-state index contributed by atoms with van der Waals surface area (Å²) in [6, 6.07) is 9.16. The molecule has 1 saturated heterocycles. The lowest BCUT2D eigenvalue weighted by Gasteiger charge is -2.34. The minimum atomic E-state index is -0.119. The minimum absolute atomic E-state index is 0.119. The standard InChI is InChI=1S/C23H30N6O3/c1-4-21-25-19-6-5-9-24-22(19)29(21)15-12-27-10-13-28(14-11-27)23(30)26-18-8-7-17(31-2)16-20(18)32-3/h5-9,16H,4,10-15H2,1-3H3,(H,26,30). The lowest BCUT2D eigenvalue weighted by molar-refractivity contribution is 0.144. The third kappa shape index (κ3) is 4.62. The molecule has 1 aromatic carbocycles. The van der Waals surface area contributed by atoms with E-state index >= 15 is 0 Å². The Morgan fingerprint density at radius 3 is 2.62 bits per heavy atom. The SMILES string of the molecule is CCc1nc2cccnc2n1CCN1CCN(C(=O)Nc2ccc(OC)cc2OC)CC1. The molecular formula is C23H30N6O3. The molecule has 0 unspecified atom stereocenters. The molecule has 3 aromatic rings. The van der Waals surface area contributed by atoms with Crippen LogP contribution in [0.25, 0.3) is 11.2 Å². The number of nitrogens with zero attached hydrogens (tertiary/aromatic N) is 5. The van der Waals surface area contributed by atoms with Crippen molar-refractivity contribution in [2.75, 3.05) is 52.3 Å². The maximum atomic E-state index is 12.8. The van der Waals surface area contributed by atoms with Gasteiger partial charge < -0.3 is 24.3 Å². The number of fused-ring (bicyclic) bond motifs is 1. The van der Waals surface area contributed by atoms with Gasteiger partial charge in [-0.25, -0.2) is 14.8 Å². The Labute approximate surface area is 187 Å². The molecule has 2 aromatic heterocycles. The summed E-state index contributed by atoms with van der Waals surface area (Å²) in [6.07, 6.45) is 2.69. The number of nitrogens with one attached hydrogen (secondary N) is 1. The first-order valence-electron chi connectivity index (χ1n) is 10.9. The normalized spacial score (nSPS) is 14.5. The summed E-state index contributed by atoms with van der Waals surface area (Å²) in [5.74, 6) is 2.31. The van der Waals surface area contributed by atoms with Crippen molar-refractivity contribution in [2.24, 2.45) is 0 Å². The zero-order chi connectivity index (χ0) is 22.5. The number of methoxy groups -OCH3 is 2. The minimum Gasteiger partial charge on any atom is -0.497 e. The van der Waals surface area contributed by atoms with Gasteiger partial charge in [-0.1, -0.05) is 6.92 Å². The summed E-state index contributed by atoms with van der Waals surface area (Å²) in [7, 11) is 3.17. The summed E-state index contributed by atoms with van der Waals surface area (Å²) in [4.78, 5) is 26.2. The van der Waals surface area contributed by atoms with Gasteiger partial charge in [0, 0.05) is 58.0 Å². The molecule has 2 amide bonds. The molecular weight excluding hydrogens is 408 g/mol. The van der Waals surface area contributed by atoms with Crippen LogP contribution in [0.2, 0.25) is 0 Å². The molecule has 0 bridgehead atoms. The Hall–Kier alpha value is -3.33. The molecule has 0 aliphatic carbocycles. The molecule has 0 atom stereocenters. The fourth-order valence-electron chi connectivity index (χ4n) is 4.02. The number of rotatable bonds is 7. The van der Waals surface area contributed by atoms with Crippen LogP contribution in [0.1, 0.15) is 12.7 Å². The highest BCUT2D eigenvalue weighted by Gasteiger charge is 2.22. The summed E-state index contributed by atoms with van der Waals surface area (Å²) >= 11 is 0. The van der Waals surface area contributed by atoms with Crippen molar-refractivity contribution in [3.05, 3.63) is 42.4 Å². The van der Waals surface area contributed by atoms with Crippen molar-refractivity contribution in [1.82, 2.24) is 24.3 Å². The van der Waals surface area contributed by atoms with E-state index in [9.17, 15) is 4.79 Å². The monoisotopic (exact) mass is 438 g/mol. The topological polar surface area (TPSA) is 84.8 Å². The summed E-state index contributed by atoms with van der Waals surface area (Å²) in [6.45, 7) is 6.86. The van der Waals surface area contributed by atoms with Gasteiger partial charge in [-0.05, 0) is 24.3 Å². The highest BCUT2D eigenvalue weighted by atomic mass is 16.5. The molecule has 0 saturated carbocycles. The summed E-state index contributed by atoms with van der Waals surface area (Å²) in [5.41, 5.74) is 2.52. The van der Waals surface area contributed by atoms with Gasteiger partial charge in [-0.3, -0.25) is 4.90 Å². The van der Waals surface area contributed by atoms with Gasteiger partial charge in [0.25, 0.3) is 0 Å². The number of benzene rings is 1. The predicted octanol–water partition coefficient (Wildman–Crippen LogP) is 2.86. The molecule has 1 fully saturated rings. The molecule has 0 radical (unpaired) electrons. The second kappa shape index (κ2) is 9.86. The molecule has 1 aliphatic heterocycles. The number of aromatic nitrogens is 3. The number of pyridine rings is 1. The van der Waals surface area contributed by atoms with Crippen molar-refractivity contribution >= 4 is 22.9 Å². The van der Waals surface area contributed by atoms with Crippen molar-refractivity contribution in [3.63, 3.8) is 0 Å². The number of aryl methyl sites for hydroxylation is 1. The van der Waals surface area contributed by atoms with E-state index in [4.69, 9.17) is 14.5 Å². The third-order valence-corrected chi connectivity index (χ3v) is 5.85.